The number of phenolic OH excluding ortho intramolecular Hbond substituents is 1. The molecule has 4 aromatic rings. The second-order valence-corrected chi connectivity index (χ2v) is 9.96. The molecule has 0 saturated heterocycles. The minimum Gasteiger partial charge on any atom is -0.507 e. The molecule has 0 radical (unpaired) electrons. The van der Waals surface area contributed by atoms with Crippen LogP contribution in [0.2, 0.25) is 0 Å². The normalized spacial score (nSPS) is 11.2. The quantitative estimate of drug-likeness (QED) is 0.0361. The lowest BCUT2D eigenvalue weighted by atomic mass is 10.0. The molecule has 0 heterocycles. The van der Waals surface area contributed by atoms with Crippen LogP contribution in [0.25, 0.3) is 0 Å². The molecule has 232 valence electrons. The number of hydrogen-bond acceptors (Lipinski definition) is 9. The molecule has 2 N–H and O–H groups in total. The van der Waals surface area contributed by atoms with Crippen molar-refractivity contribution in [3.8, 4) is 23.0 Å². The summed E-state index contributed by atoms with van der Waals surface area (Å²) in [5.41, 5.74) is 1.27. The lowest BCUT2D eigenvalue weighted by Crippen LogP contribution is -2.10. The Kier molecular flexibility index (Phi) is 11.9. The maximum Gasteiger partial charge on any atom is 0.343 e. The SMILES string of the molecule is C=CC(=O)OCCCCCCOc1ccc(C(O)Oc2ccc(C(=O)Oc3ccc(C(=O)c4ccccc4)c(O)c3)cc2)cc1. The molecule has 45 heavy (non-hydrogen) atoms. The van der Waals surface area contributed by atoms with E-state index in [2.05, 4.69) is 6.58 Å². The highest BCUT2D eigenvalue weighted by Crippen LogP contribution is 2.27. The lowest BCUT2D eigenvalue weighted by Gasteiger charge is -2.15. The highest BCUT2D eigenvalue weighted by molar-refractivity contribution is 6.10. The van der Waals surface area contributed by atoms with Gasteiger partial charge in [-0.15, -0.1) is 0 Å². The van der Waals surface area contributed by atoms with Crippen LogP contribution in [-0.4, -0.2) is 41.1 Å². The average molecular weight is 611 g/mol. The van der Waals surface area contributed by atoms with E-state index in [4.69, 9.17) is 18.9 Å². The molecular formula is C36H34O9. The van der Waals surface area contributed by atoms with Gasteiger partial charge < -0.3 is 29.2 Å². The number of aromatic hydroxyl groups is 1. The summed E-state index contributed by atoms with van der Waals surface area (Å²) in [6.07, 6.45) is 3.43. The van der Waals surface area contributed by atoms with Gasteiger partial charge in [-0.05, 0) is 86.3 Å². The Morgan fingerprint density at radius 1 is 0.733 bits per heavy atom. The number of hydrogen-bond donors (Lipinski definition) is 2. The van der Waals surface area contributed by atoms with E-state index < -0.39 is 18.2 Å². The van der Waals surface area contributed by atoms with E-state index in [-0.39, 0.29) is 28.4 Å². The van der Waals surface area contributed by atoms with Gasteiger partial charge in [-0.1, -0.05) is 36.9 Å². The average Bonchev–Trinajstić information content (AvgIpc) is 3.06. The summed E-state index contributed by atoms with van der Waals surface area (Å²) in [4.78, 5) is 36.3. The van der Waals surface area contributed by atoms with Crippen LogP contribution in [0.3, 0.4) is 0 Å². The fourth-order valence-electron chi connectivity index (χ4n) is 4.25. The summed E-state index contributed by atoms with van der Waals surface area (Å²) in [5, 5.41) is 20.9. The monoisotopic (exact) mass is 610 g/mol. The lowest BCUT2D eigenvalue weighted by molar-refractivity contribution is -0.137. The standard InChI is InChI=1S/C36H34O9/c1-2-33(38)43-23-9-4-3-8-22-42-28-16-12-26(13-17-28)35(40)44-29-18-14-27(15-19-29)36(41)45-30-20-21-31(32(37)24-30)34(39)25-10-6-5-7-11-25/h2,5-7,10-21,24,35,37,40H,1,3-4,8-9,22-23H2. The molecule has 0 saturated carbocycles. The number of carbonyl (C=O) groups excluding carboxylic acids is 3. The van der Waals surface area contributed by atoms with E-state index in [9.17, 15) is 24.6 Å². The fraction of sp³-hybridized carbons (Fsp3) is 0.194. The number of aliphatic hydroxyl groups excluding tert-OH is 1. The minimum atomic E-state index is -1.24. The summed E-state index contributed by atoms with van der Waals surface area (Å²) in [6.45, 7) is 4.28. The first kappa shape index (κ1) is 32.5. The number of rotatable bonds is 16. The predicted octanol–water partition coefficient (Wildman–Crippen LogP) is 6.58. The molecule has 0 aliphatic rings. The third-order valence-electron chi connectivity index (χ3n) is 6.68. The van der Waals surface area contributed by atoms with E-state index in [1.807, 2.05) is 0 Å². The zero-order valence-electron chi connectivity index (χ0n) is 24.6. The maximum atomic E-state index is 12.6. The third-order valence-corrected chi connectivity index (χ3v) is 6.68. The topological polar surface area (TPSA) is 129 Å². The van der Waals surface area contributed by atoms with Gasteiger partial charge in [0.15, 0.2) is 5.78 Å². The molecule has 0 fully saturated rings. The molecule has 0 aliphatic carbocycles. The summed E-state index contributed by atoms with van der Waals surface area (Å²) >= 11 is 0. The molecule has 0 bridgehead atoms. The van der Waals surface area contributed by atoms with Crippen LogP contribution < -0.4 is 14.2 Å². The molecule has 1 atom stereocenters. The van der Waals surface area contributed by atoms with E-state index in [0.29, 0.717) is 35.8 Å². The number of carbonyl (C=O) groups is 3. The largest absolute Gasteiger partial charge is 0.507 e. The Morgan fingerprint density at radius 3 is 2.04 bits per heavy atom. The van der Waals surface area contributed by atoms with Crippen LogP contribution in [0.1, 0.15) is 63.8 Å². The van der Waals surface area contributed by atoms with E-state index >= 15 is 0 Å². The van der Waals surface area contributed by atoms with Crippen molar-refractivity contribution in [1.29, 1.82) is 0 Å². The van der Waals surface area contributed by atoms with Crippen LogP contribution in [-0.2, 0) is 9.53 Å². The van der Waals surface area contributed by atoms with E-state index in [0.717, 1.165) is 31.8 Å². The second kappa shape index (κ2) is 16.4. The molecule has 9 nitrogen and oxygen atoms in total. The van der Waals surface area contributed by atoms with Crippen molar-refractivity contribution in [3.05, 3.63) is 132 Å². The van der Waals surface area contributed by atoms with Crippen LogP contribution in [0, 0.1) is 0 Å². The van der Waals surface area contributed by atoms with Gasteiger partial charge in [0.2, 0.25) is 6.29 Å². The Labute approximate surface area is 261 Å². The minimum absolute atomic E-state index is 0.0778. The fourth-order valence-corrected chi connectivity index (χ4v) is 4.25. The van der Waals surface area contributed by atoms with Gasteiger partial charge in [-0.2, -0.15) is 0 Å². The molecule has 0 aliphatic heterocycles. The molecule has 9 heteroatoms. The van der Waals surface area contributed by atoms with Gasteiger partial charge in [0, 0.05) is 23.3 Å². The van der Waals surface area contributed by atoms with Crippen LogP contribution >= 0.6 is 0 Å². The van der Waals surface area contributed by atoms with Crippen molar-refractivity contribution in [1.82, 2.24) is 0 Å². The number of ketones is 1. The van der Waals surface area contributed by atoms with Crippen LogP contribution in [0.4, 0.5) is 0 Å². The van der Waals surface area contributed by atoms with Gasteiger partial charge in [0.1, 0.15) is 23.0 Å². The van der Waals surface area contributed by atoms with Crippen LogP contribution in [0.5, 0.6) is 23.0 Å². The number of ether oxygens (including phenoxy) is 4. The highest BCUT2D eigenvalue weighted by atomic mass is 16.6. The van der Waals surface area contributed by atoms with Gasteiger partial charge in [-0.3, -0.25) is 4.79 Å². The zero-order valence-corrected chi connectivity index (χ0v) is 24.6. The first-order valence-electron chi connectivity index (χ1n) is 14.5. The van der Waals surface area contributed by atoms with Crippen LogP contribution in [0.15, 0.2) is 110 Å². The molecule has 4 aromatic carbocycles. The summed E-state index contributed by atoms with van der Waals surface area (Å²) in [6, 6.07) is 25.5. The molecule has 0 amide bonds. The first-order valence-corrected chi connectivity index (χ1v) is 14.5. The van der Waals surface area contributed by atoms with Crippen molar-refractivity contribution >= 4 is 17.7 Å². The number of unbranched alkanes of at least 4 members (excludes halogenated alkanes) is 3. The Balaban J connectivity index is 1.21. The smallest absolute Gasteiger partial charge is 0.343 e. The van der Waals surface area contributed by atoms with Crippen molar-refractivity contribution in [2.24, 2.45) is 0 Å². The van der Waals surface area contributed by atoms with Gasteiger partial charge >= 0.3 is 11.9 Å². The maximum absolute atomic E-state index is 12.6. The number of benzene rings is 4. The summed E-state index contributed by atoms with van der Waals surface area (Å²) < 4.78 is 21.7. The highest BCUT2D eigenvalue weighted by Gasteiger charge is 2.16. The van der Waals surface area contributed by atoms with Crippen molar-refractivity contribution in [2.45, 2.75) is 32.0 Å². The van der Waals surface area contributed by atoms with Gasteiger partial charge in [0.05, 0.1) is 24.3 Å². The molecule has 0 aromatic heterocycles. The third kappa shape index (κ3) is 9.80. The Morgan fingerprint density at radius 2 is 1.38 bits per heavy atom. The second-order valence-electron chi connectivity index (χ2n) is 9.96. The number of esters is 2. The number of aliphatic hydroxyl groups is 1. The zero-order chi connectivity index (χ0) is 32.0. The first-order chi connectivity index (χ1) is 21.8. The van der Waals surface area contributed by atoms with Crippen molar-refractivity contribution in [3.63, 3.8) is 0 Å². The Bertz CT molecular complexity index is 1580. The molecule has 1 unspecified atom stereocenters. The van der Waals surface area contributed by atoms with Gasteiger partial charge in [-0.25, -0.2) is 9.59 Å². The van der Waals surface area contributed by atoms with E-state index in [1.54, 1.807) is 54.6 Å². The van der Waals surface area contributed by atoms with E-state index in [1.165, 1.54) is 42.5 Å². The summed E-state index contributed by atoms with van der Waals surface area (Å²) in [7, 11) is 0. The molecule has 0 spiro atoms. The Hall–Kier alpha value is -5.41. The van der Waals surface area contributed by atoms with Crippen molar-refractivity contribution in [2.75, 3.05) is 13.2 Å². The summed E-state index contributed by atoms with van der Waals surface area (Å²) in [5.74, 6) is -0.654. The van der Waals surface area contributed by atoms with Gasteiger partial charge in [0.25, 0.3) is 0 Å². The number of phenols is 1. The molecular weight excluding hydrogens is 576 g/mol. The van der Waals surface area contributed by atoms with Crippen molar-refractivity contribution < 1.29 is 43.5 Å². The molecule has 4 rings (SSSR count). The predicted molar refractivity (Wildman–Crippen MR) is 167 cm³/mol.